The van der Waals surface area contributed by atoms with Gasteiger partial charge in [-0.15, -0.1) is 0 Å². The van der Waals surface area contributed by atoms with Crippen LogP contribution in [0.1, 0.15) is 81.8 Å². The van der Waals surface area contributed by atoms with Crippen LogP contribution in [0.2, 0.25) is 0 Å². The van der Waals surface area contributed by atoms with Crippen molar-refractivity contribution in [1.82, 2.24) is 9.80 Å². The van der Waals surface area contributed by atoms with Crippen molar-refractivity contribution in [2.24, 2.45) is 17.8 Å². The Labute approximate surface area is 204 Å². The number of carbonyl (C=O) groups is 2. The number of Topliss-reactive ketones (excluding diaryl/α,β-unsaturated/α-hetero) is 1. The van der Waals surface area contributed by atoms with Gasteiger partial charge in [0.05, 0.1) is 12.0 Å². The smallest absolute Gasteiger partial charge is 0.230 e. The van der Waals surface area contributed by atoms with Crippen molar-refractivity contribution in [3.8, 4) is 0 Å². The fraction of sp³-hybridized carbons (Fsp3) is 0.667. The van der Waals surface area contributed by atoms with Crippen LogP contribution < -0.4 is 0 Å². The van der Waals surface area contributed by atoms with Gasteiger partial charge in [-0.05, 0) is 87.8 Å². The van der Waals surface area contributed by atoms with E-state index in [1.807, 2.05) is 0 Å². The molecule has 4 nitrogen and oxygen atoms in total. The highest BCUT2D eigenvalue weighted by Gasteiger charge is 2.47. The zero-order valence-electron chi connectivity index (χ0n) is 20.8. The molecule has 6 rings (SSSR count). The first kappa shape index (κ1) is 22.5. The zero-order valence-corrected chi connectivity index (χ0v) is 20.8. The number of ketones is 1. The lowest BCUT2D eigenvalue weighted by Crippen LogP contribution is -2.60. The number of hydrogen-bond donors (Lipinski definition) is 0. The summed E-state index contributed by atoms with van der Waals surface area (Å²) in [5.74, 6) is 2.11. The third-order valence-corrected chi connectivity index (χ3v) is 9.70. The van der Waals surface area contributed by atoms with Crippen molar-refractivity contribution in [1.29, 1.82) is 0 Å². The van der Waals surface area contributed by atoms with Crippen molar-refractivity contribution in [3.05, 3.63) is 47.0 Å². The highest BCUT2D eigenvalue weighted by molar-refractivity contribution is 5.84. The second-order valence-electron chi connectivity index (χ2n) is 11.8. The number of likely N-dealkylation sites (tertiary alicyclic amines) is 1. The molecule has 4 fully saturated rings. The monoisotopic (exact) mass is 460 g/mol. The van der Waals surface area contributed by atoms with Gasteiger partial charge in [0.2, 0.25) is 5.91 Å². The Bertz CT molecular complexity index is 967. The first-order valence-electron chi connectivity index (χ1n) is 13.9. The highest BCUT2D eigenvalue weighted by Crippen LogP contribution is 2.45. The summed E-state index contributed by atoms with van der Waals surface area (Å²) in [6, 6.07) is 9.63. The number of carbonyl (C=O) groups excluding carboxylic acids is 2. The molecule has 4 heteroatoms. The maximum atomic E-state index is 13.8. The maximum absolute atomic E-state index is 13.8. The van der Waals surface area contributed by atoms with E-state index in [0.29, 0.717) is 29.6 Å². The van der Waals surface area contributed by atoms with E-state index >= 15 is 0 Å². The second-order valence-corrected chi connectivity index (χ2v) is 11.8. The fourth-order valence-electron chi connectivity index (χ4n) is 7.94. The first-order chi connectivity index (χ1) is 16.6. The van der Waals surface area contributed by atoms with Crippen LogP contribution in [0.25, 0.3) is 0 Å². The number of nitrogens with zero attached hydrogens (tertiary/aromatic N) is 2. The summed E-state index contributed by atoms with van der Waals surface area (Å²) in [5, 5.41) is 0. The molecule has 1 aromatic carbocycles. The van der Waals surface area contributed by atoms with Crippen LogP contribution in [-0.2, 0) is 16.0 Å². The molecule has 2 aliphatic carbocycles. The lowest BCUT2D eigenvalue weighted by molar-refractivity contribution is -0.137. The molecule has 5 aliphatic rings. The van der Waals surface area contributed by atoms with E-state index in [0.717, 1.165) is 50.3 Å². The molecule has 0 radical (unpaired) electrons. The number of amides is 1. The molecule has 1 aromatic rings. The maximum Gasteiger partial charge on any atom is 0.230 e. The SMILES string of the molecule is C[C@@H](C(=O)N1CCCC2=C[C@@H]3C[C@@H](CN4CCCCC34)C21)c1ccc(C[C@@H]2CCCC2=O)cc1. The van der Waals surface area contributed by atoms with Crippen LogP contribution >= 0.6 is 0 Å². The van der Waals surface area contributed by atoms with Crippen molar-refractivity contribution in [2.75, 3.05) is 19.6 Å². The van der Waals surface area contributed by atoms with Crippen LogP contribution in [-0.4, -0.2) is 53.2 Å². The molecule has 34 heavy (non-hydrogen) atoms. The van der Waals surface area contributed by atoms with Crippen LogP contribution in [0.4, 0.5) is 0 Å². The van der Waals surface area contributed by atoms with Crippen molar-refractivity contribution < 1.29 is 9.59 Å². The molecule has 3 aliphatic heterocycles. The van der Waals surface area contributed by atoms with Gasteiger partial charge in [0.1, 0.15) is 5.78 Å². The van der Waals surface area contributed by atoms with Crippen LogP contribution in [0.15, 0.2) is 35.9 Å². The Morgan fingerprint density at radius 1 is 1.03 bits per heavy atom. The molecule has 1 amide bonds. The lowest BCUT2D eigenvalue weighted by atomic mass is 9.68. The highest BCUT2D eigenvalue weighted by atomic mass is 16.2. The average molecular weight is 461 g/mol. The van der Waals surface area contributed by atoms with E-state index in [-0.39, 0.29) is 11.8 Å². The Morgan fingerprint density at radius 3 is 2.68 bits per heavy atom. The number of rotatable bonds is 4. The molecule has 0 spiro atoms. The van der Waals surface area contributed by atoms with Gasteiger partial charge < -0.3 is 4.90 Å². The standard InChI is InChI=1S/C30H40N2O2/c1-20(22-12-10-21(11-13-22)16-23-6-4-9-28(23)33)30(34)32-15-5-7-24-17-25-18-26(29(24)32)19-31-14-3-2-8-27(25)31/h10-13,17,20,23,25-27,29H,2-9,14-16,18-19H2,1H3/t20-,23+,25-,26+,27?,29?/m1/s1. The van der Waals surface area contributed by atoms with Crippen LogP contribution in [0.5, 0.6) is 0 Å². The minimum absolute atomic E-state index is 0.120. The van der Waals surface area contributed by atoms with E-state index in [2.05, 4.69) is 47.1 Å². The largest absolute Gasteiger partial charge is 0.335 e. The molecule has 0 aromatic heterocycles. The number of hydrogen-bond acceptors (Lipinski definition) is 3. The van der Waals surface area contributed by atoms with Crippen molar-refractivity contribution >= 4 is 11.7 Å². The molecule has 0 N–H and O–H groups in total. The molecule has 1 saturated carbocycles. The molecule has 3 saturated heterocycles. The number of fused-ring (bicyclic) bond motifs is 6. The molecule has 2 bridgehead atoms. The van der Waals surface area contributed by atoms with Gasteiger partial charge >= 0.3 is 0 Å². The minimum Gasteiger partial charge on any atom is -0.335 e. The van der Waals surface area contributed by atoms with Crippen molar-refractivity contribution in [2.45, 2.75) is 89.1 Å². The summed E-state index contributed by atoms with van der Waals surface area (Å²) in [7, 11) is 0. The Hall–Kier alpha value is -1.94. The topological polar surface area (TPSA) is 40.6 Å². The van der Waals surface area contributed by atoms with Gasteiger partial charge in [-0.3, -0.25) is 14.5 Å². The Balaban J connectivity index is 1.17. The average Bonchev–Trinajstić information content (AvgIpc) is 3.27. The lowest BCUT2D eigenvalue weighted by Gasteiger charge is -2.55. The Morgan fingerprint density at radius 2 is 1.88 bits per heavy atom. The third-order valence-electron chi connectivity index (χ3n) is 9.70. The van der Waals surface area contributed by atoms with Crippen LogP contribution in [0, 0.1) is 17.8 Å². The summed E-state index contributed by atoms with van der Waals surface area (Å²) < 4.78 is 0. The van der Waals surface area contributed by atoms with Gasteiger partial charge in [-0.2, -0.15) is 0 Å². The van der Waals surface area contributed by atoms with E-state index in [1.165, 1.54) is 50.8 Å². The Kier molecular flexibility index (Phi) is 6.13. The summed E-state index contributed by atoms with van der Waals surface area (Å²) >= 11 is 0. The van der Waals surface area contributed by atoms with Gasteiger partial charge in [0, 0.05) is 31.5 Å². The predicted octanol–water partition coefficient (Wildman–Crippen LogP) is 5.12. The molecular weight excluding hydrogens is 420 g/mol. The zero-order chi connectivity index (χ0) is 23.2. The molecule has 182 valence electrons. The molecule has 6 atom stereocenters. The van der Waals surface area contributed by atoms with Gasteiger partial charge in [-0.25, -0.2) is 0 Å². The molecule has 2 unspecified atom stereocenters. The quantitative estimate of drug-likeness (QED) is 0.586. The van der Waals surface area contributed by atoms with Gasteiger partial charge in [-0.1, -0.05) is 42.3 Å². The van der Waals surface area contributed by atoms with Crippen LogP contribution in [0.3, 0.4) is 0 Å². The summed E-state index contributed by atoms with van der Waals surface area (Å²) in [6.45, 7) is 5.41. The van der Waals surface area contributed by atoms with Gasteiger partial charge in [0.25, 0.3) is 0 Å². The minimum atomic E-state index is -0.120. The number of piperidine rings is 3. The summed E-state index contributed by atoms with van der Waals surface area (Å²) in [5.41, 5.74) is 3.90. The van der Waals surface area contributed by atoms with E-state index in [9.17, 15) is 9.59 Å². The van der Waals surface area contributed by atoms with E-state index < -0.39 is 0 Å². The predicted molar refractivity (Wildman–Crippen MR) is 135 cm³/mol. The molecule has 3 heterocycles. The number of benzene rings is 1. The van der Waals surface area contributed by atoms with E-state index in [4.69, 9.17) is 0 Å². The molecular formula is C30H40N2O2. The normalized spacial score (nSPS) is 34.3. The first-order valence-corrected chi connectivity index (χ1v) is 13.9. The second kappa shape index (κ2) is 9.26. The third kappa shape index (κ3) is 4.06. The fourth-order valence-corrected chi connectivity index (χ4v) is 7.94. The van der Waals surface area contributed by atoms with E-state index in [1.54, 1.807) is 5.57 Å². The van der Waals surface area contributed by atoms with Crippen molar-refractivity contribution in [3.63, 3.8) is 0 Å². The summed E-state index contributed by atoms with van der Waals surface area (Å²) in [6.07, 6.45) is 13.9. The van der Waals surface area contributed by atoms with Gasteiger partial charge in [0.15, 0.2) is 0 Å². The summed E-state index contributed by atoms with van der Waals surface area (Å²) in [4.78, 5) is 30.9.